The average Bonchev–Trinajstić information content (AvgIpc) is 3.10. The number of hydrogen-bond donors (Lipinski definition) is 1. The van der Waals surface area contributed by atoms with Gasteiger partial charge in [-0.05, 0) is 26.0 Å². The van der Waals surface area contributed by atoms with E-state index in [2.05, 4.69) is 15.3 Å². The molecule has 1 aromatic carbocycles. The summed E-state index contributed by atoms with van der Waals surface area (Å²) in [5.74, 6) is 0.611. The van der Waals surface area contributed by atoms with E-state index in [4.69, 9.17) is 9.15 Å². The molecule has 156 valence electrons. The number of para-hydroxylation sites is 1. The molecule has 0 atom stereocenters. The fourth-order valence-corrected chi connectivity index (χ4v) is 3.56. The van der Waals surface area contributed by atoms with Crippen molar-refractivity contribution in [2.45, 2.75) is 13.8 Å². The number of aromatic nitrogens is 2. The van der Waals surface area contributed by atoms with E-state index in [-0.39, 0.29) is 12.6 Å². The smallest absolute Gasteiger partial charge is 0.342 e. The molecular weight excluding hydrogens is 386 g/mol. The molecule has 30 heavy (non-hydrogen) atoms. The molecule has 0 bridgehead atoms. The van der Waals surface area contributed by atoms with Crippen LogP contribution in [0.3, 0.4) is 0 Å². The van der Waals surface area contributed by atoms with E-state index in [1.54, 1.807) is 18.7 Å². The molecule has 0 aliphatic carbocycles. The molecule has 9 nitrogen and oxygen atoms in total. The van der Waals surface area contributed by atoms with Crippen LogP contribution in [-0.2, 0) is 4.74 Å². The van der Waals surface area contributed by atoms with Crippen molar-refractivity contribution >= 4 is 34.6 Å². The number of esters is 1. The Morgan fingerprint density at radius 3 is 2.57 bits per heavy atom. The molecule has 1 saturated heterocycles. The maximum Gasteiger partial charge on any atom is 0.342 e. The summed E-state index contributed by atoms with van der Waals surface area (Å²) in [6.07, 6.45) is 1.42. The van der Waals surface area contributed by atoms with Crippen LogP contribution in [0.25, 0.3) is 11.1 Å². The number of fused-ring (bicyclic) bond motifs is 1. The predicted octanol–water partition coefficient (Wildman–Crippen LogP) is 3.06. The summed E-state index contributed by atoms with van der Waals surface area (Å²) in [6.45, 7) is 5.92. The van der Waals surface area contributed by atoms with Gasteiger partial charge in [-0.15, -0.1) is 0 Å². The van der Waals surface area contributed by atoms with Gasteiger partial charge in [-0.25, -0.2) is 19.6 Å². The lowest BCUT2D eigenvalue weighted by atomic mass is 10.1. The molecule has 1 fully saturated rings. The zero-order valence-electron chi connectivity index (χ0n) is 16.9. The first kappa shape index (κ1) is 19.7. The van der Waals surface area contributed by atoms with Crippen LogP contribution >= 0.6 is 0 Å². The van der Waals surface area contributed by atoms with E-state index < -0.39 is 5.97 Å². The lowest BCUT2D eigenvalue weighted by Gasteiger charge is -2.35. The Hall–Kier alpha value is -3.62. The van der Waals surface area contributed by atoms with Crippen LogP contribution in [0.4, 0.5) is 16.3 Å². The third kappa shape index (κ3) is 3.78. The lowest BCUT2D eigenvalue weighted by Crippen LogP contribution is -2.50. The van der Waals surface area contributed by atoms with Gasteiger partial charge in [0.2, 0.25) is 5.71 Å². The number of nitrogens with zero attached hydrogens (tertiary/aromatic N) is 4. The van der Waals surface area contributed by atoms with Crippen molar-refractivity contribution in [2.24, 2.45) is 0 Å². The lowest BCUT2D eigenvalue weighted by molar-refractivity contribution is 0.0526. The molecule has 1 aliphatic rings. The zero-order chi connectivity index (χ0) is 21.1. The van der Waals surface area contributed by atoms with Crippen LogP contribution in [-0.4, -0.2) is 59.7 Å². The summed E-state index contributed by atoms with van der Waals surface area (Å²) < 4.78 is 10.9. The second-order valence-corrected chi connectivity index (χ2v) is 6.90. The number of rotatable bonds is 4. The average molecular weight is 409 g/mol. The molecule has 2 amide bonds. The third-order valence-electron chi connectivity index (χ3n) is 5.02. The number of benzene rings is 1. The molecule has 0 unspecified atom stereocenters. The molecule has 3 aromatic rings. The number of piperazine rings is 1. The van der Waals surface area contributed by atoms with Crippen LogP contribution < -0.4 is 10.2 Å². The molecule has 3 heterocycles. The van der Waals surface area contributed by atoms with E-state index >= 15 is 0 Å². The number of carbonyl (C=O) groups is 2. The van der Waals surface area contributed by atoms with Crippen molar-refractivity contribution < 1.29 is 18.7 Å². The minimum atomic E-state index is -0.453. The molecule has 4 rings (SSSR count). The highest BCUT2D eigenvalue weighted by Gasteiger charge is 2.28. The Kier molecular flexibility index (Phi) is 5.51. The maximum absolute atomic E-state index is 12.5. The van der Waals surface area contributed by atoms with Crippen molar-refractivity contribution in [3.8, 4) is 0 Å². The van der Waals surface area contributed by atoms with Crippen LogP contribution in [0.5, 0.6) is 0 Å². The van der Waals surface area contributed by atoms with Crippen molar-refractivity contribution in [3.05, 3.63) is 48.0 Å². The highest BCUT2D eigenvalue weighted by atomic mass is 16.5. The molecule has 0 saturated carbocycles. The summed E-state index contributed by atoms with van der Waals surface area (Å²) in [7, 11) is 0. The van der Waals surface area contributed by atoms with Gasteiger partial charge in [-0.3, -0.25) is 0 Å². The first-order valence-corrected chi connectivity index (χ1v) is 9.85. The van der Waals surface area contributed by atoms with Crippen molar-refractivity contribution in [1.29, 1.82) is 0 Å². The van der Waals surface area contributed by atoms with Crippen LogP contribution in [0.2, 0.25) is 0 Å². The molecule has 0 radical (unpaired) electrons. The molecular formula is C21H23N5O4. The van der Waals surface area contributed by atoms with Crippen molar-refractivity contribution in [3.63, 3.8) is 0 Å². The first-order valence-electron chi connectivity index (χ1n) is 9.85. The molecule has 2 aromatic heterocycles. The minimum absolute atomic E-state index is 0.139. The van der Waals surface area contributed by atoms with E-state index in [1.807, 2.05) is 35.2 Å². The van der Waals surface area contributed by atoms with Gasteiger partial charge in [0, 0.05) is 31.9 Å². The SMILES string of the molecule is CCOC(=O)c1c(C)oc2ncnc(N3CCN(C(=O)Nc4ccccc4)CC3)c12. The highest BCUT2D eigenvalue weighted by molar-refractivity contribution is 6.07. The monoisotopic (exact) mass is 409 g/mol. The van der Waals surface area contributed by atoms with Gasteiger partial charge in [0.25, 0.3) is 0 Å². The number of anilines is 2. The Balaban J connectivity index is 1.52. The van der Waals surface area contributed by atoms with E-state index in [9.17, 15) is 9.59 Å². The zero-order valence-corrected chi connectivity index (χ0v) is 16.9. The fourth-order valence-electron chi connectivity index (χ4n) is 3.56. The summed E-state index contributed by atoms with van der Waals surface area (Å²) in [6, 6.07) is 9.22. The summed E-state index contributed by atoms with van der Waals surface area (Å²) in [4.78, 5) is 37.4. The van der Waals surface area contributed by atoms with E-state index in [0.29, 0.717) is 54.4 Å². The molecule has 0 spiro atoms. The number of furan rings is 1. The largest absolute Gasteiger partial charge is 0.462 e. The Morgan fingerprint density at radius 1 is 1.13 bits per heavy atom. The maximum atomic E-state index is 12.5. The Bertz CT molecular complexity index is 1060. The third-order valence-corrected chi connectivity index (χ3v) is 5.02. The number of hydrogen-bond acceptors (Lipinski definition) is 7. The van der Waals surface area contributed by atoms with Crippen molar-refractivity contribution in [1.82, 2.24) is 14.9 Å². The Labute approximate surface area is 173 Å². The number of aryl methyl sites for hydroxylation is 1. The Morgan fingerprint density at radius 2 is 1.87 bits per heavy atom. The van der Waals surface area contributed by atoms with Gasteiger partial charge in [0.15, 0.2) is 0 Å². The topological polar surface area (TPSA) is 101 Å². The van der Waals surface area contributed by atoms with Crippen molar-refractivity contribution in [2.75, 3.05) is 43.0 Å². The van der Waals surface area contributed by atoms with Crippen LogP contribution in [0.15, 0.2) is 41.1 Å². The second kappa shape index (κ2) is 8.40. The summed E-state index contributed by atoms with van der Waals surface area (Å²) in [5.41, 5.74) is 1.46. The van der Waals surface area contributed by atoms with Gasteiger partial charge in [0.1, 0.15) is 23.5 Å². The molecule has 1 aliphatic heterocycles. The summed E-state index contributed by atoms with van der Waals surface area (Å²) in [5, 5.41) is 3.46. The van der Waals surface area contributed by atoms with Gasteiger partial charge in [-0.2, -0.15) is 0 Å². The van der Waals surface area contributed by atoms with Gasteiger partial charge in [0.05, 0.1) is 12.0 Å². The number of amides is 2. The summed E-state index contributed by atoms with van der Waals surface area (Å²) >= 11 is 0. The quantitative estimate of drug-likeness (QED) is 0.661. The minimum Gasteiger partial charge on any atom is -0.462 e. The normalized spacial score (nSPS) is 14.1. The fraction of sp³-hybridized carbons (Fsp3) is 0.333. The second-order valence-electron chi connectivity index (χ2n) is 6.90. The van der Waals surface area contributed by atoms with E-state index in [0.717, 1.165) is 5.69 Å². The van der Waals surface area contributed by atoms with Crippen LogP contribution in [0.1, 0.15) is 23.0 Å². The first-order chi connectivity index (χ1) is 14.6. The molecule has 1 N–H and O–H groups in total. The number of carbonyl (C=O) groups excluding carboxylic acids is 2. The van der Waals surface area contributed by atoms with Gasteiger partial charge >= 0.3 is 12.0 Å². The van der Waals surface area contributed by atoms with Gasteiger partial charge < -0.3 is 24.3 Å². The number of nitrogens with one attached hydrogen (secondary N) is 1. The predicted molar refractivity (Wildman–Crippen MR) is 112 cm³/mol. The highest BCUT2D eigenvalue weighted by Crippen LogP contribution is 2.32. The number of urea groups is 1. The number of ether oxygens (including phenoxy) is 1. The molecule has 9 heteroatoms. The van der Waals surface area contributed by atoms with Crippen LogP contribution in [0, 0.1) is 6.92 Å². The van der Waals surface area contributed by atoms with Gasteiger partial charge in [-0.1, -0.05) is 18.2 Å². The van der Waals surface area contributed by atoms with E-state index in [1.165, 1.54) is 6.33 Å². The standard InChI is InChI=1S/C21H23N5O4/c1-3-29-20(27)16-14(2)30-19-17(16)18(22-13-23-19)25-9-11-26(12-10-25)21(28)24-15-7-5-4-6-8-15/h4-8,13H,3,9-12H2,1-2H3,(H,24,28).